The highest BCUT2D eigenvalue weighted by Gasteiger charge is 1.98. The van der Waals surface area contributed by atoms with Crippen LogP contribution in [0.4, 0.5) is 0 Å². The molecule has 1 N–H and O–H groups in total. The molecule has 0 aliphatic heterocycles. The molecule has 2 nitrogen and oxygen atoms in total. The van der Waals surface area contributed by atoms with Gasteiger partial charge in [0.25, 0.3) is 0 Å². The SMILES string of the molecule is Cc1nc(CNCc2cccc(Cl)c2)cs1. The van der Waals surface area contributed by atoms with Crippen molar-refractivity contribution in [3.8, 4) is 0 Å². The number of benzene rings is 1. The molecule has 0 atom stereocenters. The molecule has 84 valence electrons. The van der Waals surface area contributed by atoms with Crippen LogP contribution in [0.15, 0.2) is 29.6 Å². The maximum Gasteiger partial charge on any atom is 0.0897 e. The van der Waals surface area contributed by atoms with Gasteiger partial charge in [0.1, 0.15) is 0 Å². The number of hydrogen-bond acceptors (Lipinski definition) is 3. The molecular weight excluding hydrogens is 240 g/mol. The van der Waals surface area contributed by atoms with E-state index in [0.29, 0.717) is 0 Å². The number of halogens is 1. The highest BCUT2D eigenvalue weighted by atomic mass is 35.5. The number of rotatable bonds is 4. The fraction of sp³-hybridized carbons (Fsp3) is 0.250. The zero-order valence-electron chi connectivity index (χ0n) is 9.03. The van der Waals surface area contributed by atoms with Gasteiger partial charge in [-0.1, -0.05) is 23.7 Å². The van der Waals surface area contributed by atoms with E-state index in [4.69, 9.17) is 11.6 Å². The lowest BCUT2D eigenvalue weighted by Gasteiger charge is -2.03. The summed E-state index contributed by atoms with van der Waals surface area (Å²) in [5.74, 6) is 0. The van der Waals surface area contributed by atoms with E-state index < -0.39 is 0 Å². The third-order valence-corrected chi connectivity index (χ3v) is 3.25. The zero-order valence-corrected chi connectivity index (χ0v) is 10.6. The molecule has 1 aromatic carbocycles. The van der Waals surface area contributed by atoms with E-state index in [9.17, 15) is 0 Å². The molecule has 2 aromatic rings. The van der Waals surface area contributed by atoms with Crippen LogP contribution < -0.4 is 5.32 Å². The monoisotopic (exact) mass is 252 g/mol. The molecular formula is C12H13ClN2S. The summed E-state index contributed by atoms with van der Waals surface area (Å²) in [4.78, 5) is 4.39. The Labute approximate surface area is 104 Å². The topological polar surface area (TPSA) is 24.9 Å². The van der Waals surface area contributed by atoms with Crippen LogP contribution in [0.3, 0.4) is 0 Å². The molecule has 0 spiro atoms. The van der Waals surface area contributed by atoms with Gasteiger partial charge in [-0.15, -0.1) is 11.3 Å². The molecule has 2 rings (SSSR count). The molecule has 4 heteroatoms. The Hall–Kier alpha value is -0.900. The number of aryl methyl sites for hydroxylation is 1. The van der Waals surface area contributed by atoms with Crippen LogP contribution in [-0.2, 0) is 13.1 Å². The quantitative estimate of drug-likeness (QED) is 0.902. The van der Waals surface area contributed by atoms with Crippen molar-refractivity contribution in [2.45, 2.75) is 20.0 Å². The van der Waals surface area contributed by atoms with E-state index in [1.807, 2.05) is 25.1 Å². The van der Waals surface area contributed by atoms with Gasteiger partial charge in [-0.3, -0.25) is 0 Å². The maximum absolute atomic E-state index is 5.91. The summed E-state index contributed by atoms with van der Waals surface area (Å²) in [6.45, 7) is 3.64. The van der Waals surface area contributed by atoms with E-state index >= 15 is 0 Å². The van der Waals surface area contributed by atoms with Crippen molar-refractivity contribution in [2.75, 3.05) is 0 Å². The lowest BCUT2D eigenvalue weighted by molar-refractivity contribution is 0.682. The van der Waals surface area contributed by atoms with Crippen LogP contribution in [0.1, 0.15) is 16.3 Å². The summed E-state index contributed by atoms with van der Waals surface area (Å²) in [5, 5.41) is 7.32. The van der Waals surface area contributed by atoms with Gasteiger partial charge in [0, 0.05) is 23.5 Å². The predicted octanol–water partition coefficient (Wildman–Crippen LogP) is 3.39. The van der Waals surface area contributed by atoms with Crippen LogP contribution in [0.2, 0.25) is 5.02 Å². The Kier molecular flexibility index (Phi) is 3.93. The van der Waals surface area contributed by atoms with Crippen molar-refractivity contribution in [1.82, 2.24) is 10.3 Å². The van der Waals surface area contributed by atoms with Crippen molar-refractivity contribution < 1.29 is 0 Å². The molecule has 0 unspecified atom stereocenters. The molecule has 1 aromatic heterocycles. The van der Waals surface area contributed by atoms with Gasteiger partial charge in [-0.2, -0.15) is 0 Å². The molecule has 16 heavy (non-hydrogen) atoms. The molecule has 0 amide bonds. The minimum absolute atomic E-state index is 0.781. The van der Waals surface area contributed by atoms with E-state index in [2.05, 4.69) is 21.7 Å². The number of nitrogens with one attached hydrogen (secondary N) is 1. The van der Waals surface area contributed by atoms with E-state index in [0.717, 1.165) is 28.8 Å². The van der Waals surface area contributed by atoms with Gasteiger partial charge in [0.05, 0.1) is 10.7 Å². The third kappa shape index (κ3) is 3.30. The van der Waals surface area contributed by atoms with Crippen molar-refractivity contribution in [1.29, 1.82) is 0 Å². The highest BCUT2D eigenvalue weighted by Crippen LogP contribution is 2.11. The van der Waals surface area contributed by atoms with Gasteiger partial charge < -0.3 is 5.32 Å². The first-order valence-corrected chi connectivity index (χ1v) is 6.36. The molecule has 0 radical (unpaired) electrons. The van der Waals surface area contributed by atoms with Crippen LogP contribution >= 0.6 is 22.9 Å². The van der Waals surface area contributed by atoms with Crippen LogP contribution in [-0.4, -0.2) is 4.98 Å². The molecule has 0 aliphatic carbocycles. The zero-order chi connectivity index (χ0) is 11.4. The van der Waals surface area contributed by atoms with Crippen molar-refractivity contribution >= 4 is 22.9 Å². The minimum Gasteiger partial charge on any atom is -0.307 e. The van der Waals surface area contributed by atoms with Crippen LogP contribution in [0.5, 0.6) is 0 Å². The smallest absolute Gasteiger partial charge is 0.0897 e. The van der Waals surface area contributed by atoms with Crippen molar-refractivity contribution in [2.24, 2.45) is 0 Å². The van der Waals surface area contributed by atoms with Gasteiger partial charge >= 0.3 is 0 Å². The summed E-state index contributed by atoms with van der Waals surface area (Å²) in [6, 6.07) is 7.88. The molecule has 1 heterocycles. The average Bonchev–Trinajstić information content (AvgIpc) is 2.64. The Balaban J connectivity index is 1.84. The van der Waals surface area contributed by atoms with E-state index in [1.54, 1.807) is 11.3 Å². The number of aromatic nitrogens is 1. The van der Waals surface area contributed by atoms with E-state index in [1.165, 1.54) is 5.56 Å². The predicted molar refractivity (Wildman–Crippen MR) is 68.8 cm³/mol. The Morgan fingerprint density at radius 3 is 2.94 bits per heavy atom. The fourth-order valence-corrected chi connectivity index (χ4v) is 2.30. The fourth-order valence-electron chi connectivity index (χ4n) is 1.47. The molecule has 0 saturated carbocycles. The second-order valence-corrected chi connectivity index (χ2v) is 5.09. The van der Waals surface area contributed by atoms with Gasteiger partial charge in [-0.25, -0.2) is 4.98 Å². The first-order chi connectivity index (χ1) is 7.74. The third-order valence-electron chi connectivity index (χ3n) is 2.19. The summed E-state index contributed by atoms with van der Waals surface area (Å²) in [5.41, 5.74) is 2.30. The molecule has 0 saturated heterocycles. The van der Waals surface area contributed by atoms with Gasteiger partial charge in [-0.05, 0) is 24.6 Å². The number of hydrogen-bond donors (Lipinski definition) is 1. The summed E-state index contributed by atoms with van der Waals surface area (Å²) >= 11 is 7.59. The van der Waals surface area contributed by atoms with Gasteiger partial charge in [0.2, 0.25) is 0 Å². The normalized spacial score (nSPS) is 10.6. The van der Waals surface area contributed by atoms with Crippen molar-refractivity contribution in [3.05, 3.63) is 50.9 Å². The first-order valence-electron chi connectivity index (χ1n) is 5.10. The first kappa shape index (κ1) is 11.6. The van der Waals surface area contributed by atoms with E-state index in [-0.39, 0.29) is 0 Å². The lowest BCUT2D eigenvalue weighted by Crippen LogP contribution is -2.12. The van der Waals surface area contributed by atoms with Gasteiger partial charge in [0.15, 0.2) is 0 Å². The number of nitrogens with zero attached hydrogens (tertiary/aromatic N) is 1. The standard InChI is InChI=1S/C12H13ClN2S/c1-9-15-12(8-16-9)7-14-6-10-3-2-4-11(13)5-10/h2-5,8,14H,6-7H2,1H3. The van der Waals surface area contributed by atoms with Crippen LogP contribution in [0.25, 0.3) is 0 Å². The average molecular weight is 253 g/mol. The second kappa shape index (κ2) is 5.43. The number of thiazole rings is 1. The maximum atomic E-state index is 5.91. The molecule has 0 aliphatic rings. The lowest BCUT2D eigenvalue weighted by atomic mass is 10.2. The Morgan fingerprint density at radius 2 is 2.25 bits per heavy atom. The largest absolute Gasteiger partial charge is 0.307 e. The molecule has 0 bridgehead atoms. The summed E-state index contributed by atoms with van der Waals surface area (Å²) in [6.07, 6.45) is 0. The van der Waals surface area contributed by atoms with Crippen molar-refractivity contribution in [3.63, 3.8) is 0 Å². The minimum atomic E-state index is 0.781. The summed E-state index contributed by atoms with van der Waals surface area (Å²) in [7, 11) is 0. The van der Waals surface area contributed by atoms with Crippen LogP contribution in [0, 0.1) is 6.92 Å². The molecule has 0 fully saturated rings. The Bertz CT molecular complexity index is 468. The Morgan fingerprint density at radius 1 is 1.38 bits per heavy atom. The highest BCUT2D eigenvalue weighted by molar-refractivity contribution is 7.09. The second-order valence-electron chi connectivity index (χ2n) is 3.59. The summed E-state index contributed by atoms with van der Waals surface area (Å²) < 4.78 is 0.